The summed E-state index contributed by atoms with van der Waals surface area (Å²) in [4.78, 5) is 21.3. The first-order valence-corrected chi connectivity index (χ1v) is 9.15. The minimum atomic E-state index is -0.220. The molecular formula is C16H15N3O2S2. The molecule has 0 bridgehead atoms. The van der Waals surface area contributed by atoms with E-state index in [9.17, 15) is 4.79 Å². The Morgan fingerprint density at radius 2 is 2.30 bits per heavy atom. The van der Waals surface area contributed by atoms with Gasteiger partial charge in [0.2, 0.25) is 0 Å². The highest BCUT2D eigenvalue weighted by molar-refractivity contribution is 7.22. The lowest BCUT2D eigenvalue weighted by Crippen LogP contribution is -2.12. The van der Waals surface area contributed by atoms with Crippen LogP contribution in [0.2, 0.25) is 0 Å². The average molecular weight is 345 g/mol. The van der Waals surface area contributed by atoms with Crippen LogP contribution < -0.4 is 5.32 Å². The van der Waals surface area contributed by atoms with Crippen molar-refractivity contribution in [3.8, 4) is 0 Å². The number of para-hydroxylation sites is 1. The summed E-state index contributed by atoms with van der Waals surface area (Å²) < 4.78 is 6.68. The van der Waals surface area contributed by atoms with Crippen LogP contribution in [0.4, 0.5) is 5.13 Å². The first-order chi connectivity index (χ1) is 11.2. The smallest absolute Gasteiger partial charge is 0.276 e. The van der Waals surface area contributed by atoms with E-state index in [1.54, 1.807) is 5.38 Å². The summed E-state index contributed by atoms with van der Waals surface area (Å²) in [5.74, 6) is -0.220. The molecule has 5 nitrogen and oxygen atoms in total. The Hall–Kier alpha value is -1.83. The predicted octanol–water partition coefficient (Wildman–Crippen LogP) is 4.17. The SMILES string of the molecule is Cc1cccc2sc(NC(=O)c3csc(C4CCCO4)n3)nc12. The number of hydrogen-bond donors (Lipinski definition) is 1. The van der Waals surface area contributed by atoms with Crippen molar-refractivity contribution >= 4 is 43.9 Å². The van der Waals surface area contributed by atoms with Crippen molar-refractivity contribution in [2.45, 2.75) is 25.9 Å². The molecule has 23 heavy (non-hydrogen) atoms. The summed E-state index contributed by atoms with van der Waals surface area (Å²) >= 11 is 2.95. The Morgan fingerprint density at radius 1 is 1.39 bits per heavy atom. The van der Waals surface area contributed by atoms with Gasteiger partial charge in [-0.05, 0) is 31.4 Å². The van der Waals surface area contributed by atoms with Crippen molar-refractivity contribution < 1.29 is 9.53 Å². The van der Waals surface area contributed by atoms with Gasteiger partial charge in [-0.3, -0.25) is 10.1 Å². The molecule has 0 saturated carbocycles. The second-order valence-corrected chi connectivity index (χ2v) is 7.39. The van der Waals surface area contributed by atoms with Crippen molar-refractivity contribution in [2.24, 2.45) is 0 Å². The number of benzene rings is 1. The topological polar surface area (TPSA) is 64.1 Å². The summed E-state index contributed by atoms with van der Waals surface area (Å²) in [6, 6.07) is 6.02. The summed E-state index contributed by atoms with van der Waals surface area (Å²) in [5, 5.41) is 6.12. The van der Waals surface area contributed by atoms with Crippen molar-refractivity contribution in [1.82, 2.24) is 9.97 Å². The number of nitrogens with one attached hydrogen (secondary N) is 1. The number of fused-ring (bicyclic) bond motifs is 1. The van der Waals surface area contributed by atoms with Gasteiger partial charge in [-0.15, -0.1) is 11.3 Å². The van der Waals surface area contributed by atoms with Gasteiger partial charge in [0.15, 0.2) is 5.13 Å². The number of aryl methyl sites for hydroxylation is 1. The number of anilines is 1. The van der Waals surface area contributed by atoms with Crippen molar-refractivity contribution in [3.63, 3.8) is 0 Å². The normalized spacial score (nSPS) is 17.7. The zero-order valence-electron chi connectivity index (χ0n) is 12.5. The molecule has 3 heterocycles. The monoisotopic (exact) mass is 345 g/mol. The molecule has 0 spiro atoms. The molecular weight excluding hydrogens is 330 g/mol. The average Bonchev–Trinajstić information content (AvgIpc) is 3.27. The summed E-state index contributed by atoms with van der Waals surface area (Å²) in [6.45, 7) is 2.79. The molecule has 1 amide bonds. The molecule has 1 aliphatic heterocycles. The third-order valence-electron chi connectivity index (χ3n) is 3.80. The highest BCUT2D eigenvalue weighted by Gasteiger charge is 2.22. The van der Waals surface area contributed by atoms with Crippen LogP contribution in [0.3, 0.4) is 0 Å². The summed E-state index contributed by atoms with van der Waals surface area (Å²) in [5.41, 5.74) is 2.47. The molecule has 1 aromatic carbocycles. The Bertz CT molecular complexity index is 865. The quantitative estimate of drug-likeness (QED) is 0.774. The number of ether oxygens (including phenoxy) is 1. The van der Waals surface area contributed by atoms with Crippen molar-refractivity contribution in [1.29, 1.82) is 0 Å². The van der Waals surface area contributed by atoms with Crippen LogP contribution in [0.25, 0.3) is 10.2 Å². The lowest BCUT2D eigenvalue weighted by atomic mass is 10.2. The van der Waals surface area contributed by atoms with E-state index in [4.69, 9.17) is 4.74 Å². The molecule has 1 saturated heterocycles. The highest BCUT2D eigenvalue weighted by atomic mass is 32.1. The molecule has 2 aromatic heterocycles. The molecule has 3 aromatic rings. The number of aromatic nitrogens is 2. The van der Waals surface area contributed by atoms with Crippen LogP contribution in [0.1, 0.15) is 40.0 Å². The Kier molecular flexibility index (Phi) is 3.84. The van der Waals surface area contributed by atoms with Gasteiger partial charge >= 0.3 is 0 Å². The molecule has 1 N–H and O–H groups in total. The molecule has 7 heteroatoms. The van der Waals surface area contributed by atoms with Crippen LogP contribution in [-0.4, -0.2) is 22.5 Å². The number of hydrogen-bond acceptors (Lipinski definition) is 6. The molecule has 1 fully saturated rings. The van der Waals surface area contributed by atoms with Crippen molar-refractivity contribution in [2.75, 3.05) is 11.9 Å². The first-order valence-electron chi connectivity index (χ1n) is 7.45. The Labute approximate surface area is 141 Å². The largest absolute Gasteiger partial charge is 0.371 e. The van der Waals surface area contributed by atoms with Crippen LogP contribution in [0.15, 0.2) is 23.6 Å². The fourth-order valence-corrected chi connectivity index (χ4v) is 4.43. The van der Waals surface area contributed by atoms with Gasteiger partial charge in [-0.25, -0.2) is 9.97 Å². The van der Waals surface area contributed by atoms with Crippen molar-refractivity contribution in [3.05, 3.63) is 39.8 Å². The Balaban J connectivity index is 1.53. The molecule has 1 atom stereocenters. The van der Waals surface area contributed by atoms with Crippen LogP contribution in [0.5, 0.6) is 0 Å². The zero-order valence-corrected chi connectivity index (χ0v) is 14.2. The molecule has 0 radical (unpaired) electrons. The van der Waals surface area contributed by atoms with E-state index in [2.05, 4.69) is 15.3 Å². The van der Waals surface area contributed by atoms with E-state index in [1.165, 1.54) is 22.7 Å². The maximum atomic E-state index is 12.4. The maximum Gasteiger partial charge on any atom is 0.276 e. The van der Waals surface area contributed by atoms with Crippen LogP contribution in [0, 0.1) is 6.92 Å². The van der Waals surface area contributed by atoms with Gasteiger partial charge in [0.25, 0.3) is 5.91 Å². The fraction of sp³-hybridized carbons (Fsp3) is 0.312. The van der Waals surface area contributed by atoms with Gasteiger partial charge in [0.1, 0.15) is 16.8 Å². The standard InChI is InChI=1S/C16H15N3O2S2/c1-9-4-2-6-12-13(9)18-16(23-12)19-14(20)10-8-22-15(17-10)11-5-3-7-21-11/h2,4,6,8,11H,3,5,7H2,1H3,(H,18,19,20). The number of thiazole rings is 2. The first kappa shape index (κ1) is 14.7. The second kappa shape index (κ2) is 5.99. The molecule has 118 valence electrons. The van der Waals surface area contributed by atoms with Gasteiger partial charge in [-0.1, -0.05) is 23.5 Å². The molecule has 1 aliphatic rings. The van der Waals surface area contributed by atoms with Crippen LogP contribution >= 0.6 is 22.7 Å². The lowest BCUT2D eigenvalue weighted by Gasteiger charge is -2.03. The Morgan fingerprint density at radius 3 is 3.09 bits per heavy atom. The number of carbonyl (C=O) groups excluding carboxylic acids is 1. The van der Waals surface area contributed by atoms with E-state index in [0.29, 0.717) is 10.8 Å². The number of rotatable bonds is 3. The third-order valence-corrected chi connectivity index (χ3v) is 5.67. The zero-order chi connectivity index (χ0) is 15.8. The van der Waals surface area contributed by atoms with Gasteiger partial charge in [-0.2, -0.15) is 0 Å². The predicted molar refractivity (Wildman–Crippen MR) is 92.4 cm³/mol. The van der Waals surface area contributed by atoms with E-state index in [-0.39, 0.29) is 12.0 Å². The molecule has 4 rings (SSSR count). The second-order valence-electron chi connectivity index (χ2n) is 5.47. The minimum absolute atomic E-state index is 0.0478. The fourth-order valence-electron chi connectivity index (χ4n) is 2.61. The maximum absolute atomic E-state index is 12.4. The van der Waals surface area contributed by atoms with Gasteiger partial charge in [0.05, 0.1) is 10.2 Å². The number of carbonyl (C=O) groups is 1. The van der Waals surface area contributed by atoms with E-state index in [1.807, 2.05) is 25.1 Å². The lowest BCUT2D eigenvalue weighted by molar-refractivity contribution is 0.101. The number of amides is 1. The highest BCUT2D eigenvalue weighted by Crippen LogP contribution is 2.31. The summed E-state index contributed by atoms with van der Waals surface area (Å²) in [7, 11) is 0. The minimum Gasteiger partial charge on any atom is -0.371 e. The van der Waals surface area contributed by atoms with E-state index < -0.39 is 0 Å². The van der Waals surface area contributed by atoms with E-state index in [0.717, 1.165) is 40.2 Å². The van der Waals surface area contributed by atoms with Crippen LogP contribution in [-0.2, 0) is 4.74 Å². The van der Waals surface area contributed by atoms with E-state index >= 15 is 0 Å². The summed E-state index contributed by atoms with van der Waals surface area (Å²) in [6.07, 6.45) is 2.08. The molecule has 0 aliphatic carbocycles. The van der Waals surface area contributed by atoms with Gasteiger partial charge in [0, 0.05) is 12.0 Å². The van der Waals surface area contributed by atoms with Gasteiger partial charge < -0.3 is 4.74 Å². The number of nitrogens with zero attached hydrogens (tertiary/aromatic N) is 2. The molecule has 1 unspecified atom stereocenters. The third kappa shape index (κ3) is 2.87.